The summed E-state index contributed by atoms with van der Waals surface area (Å²) in [6.45, 7) is 14.9. The molecule has 0 bridgehead atoms. The minimum atomic E-state index is -10.7. The van der Waals surface area contributed by atoms with Crippen LogP contribution in [0.25, 0.3) is 0 Å². The standard InChI is InChI=1S/C14H32O6Si2.F6P.H3N/c1-21(2)19-13-11-17-9-7-15-5-6-16-8-10-18-12-14-20-22(21,3)4;1-7(2,3,4,5)6;/h5-14H2,1-4H3;;1H3/q;-1;/p+1. The van der Waals surface area contributed by atoms with Gasteiger partial charge in [0.25, 0.3) is 0 Å². The third-order valence-electron chi connectivity index (χ3n) is 3.95. The first-order chi connectivity index (χ1) is 12.9. The van der Waals surface area contributed by atoms with Gasteiger partial charge in [-0.25, -0.2) is 0 Å². The largest absolute Gasteiger partial charge is 0.369 e. The predicted octanol–water partition coefficient (Wildman–Crippen LogP) is 5.35. The fraction of sp³-hybridized carbons (Fsp3) is 1.00. The Bertz CT molecular complexity index is 433. The van der Waals surface area contributed by atoms with Crippen molar-refractivity contribution >= 4 is 23.5 Å². The van der Waals surface area contributed by atoms with Gasteiger partial charge < -0.3 is 34.0 Å². The molecule has 0 aromatic carbocycles. The zero-order chi connectivity index (χ0) is 22.7. The van der Waals surface area contributed by atoms with Crippen LogP contribution in [0, 0.1) is 0 Å². The Kier molecular flexibility index (Phi) is 13.4. The average Bonchev–Trinajstić information content (AvgIpc) is 2.50. The van der Waals surface area contributed by atoms with E-state index in [1.807, 2.05) is 0 Å². The molecule has 0 aromatic rings. The van der Waals surface area contributed by atoms with Crippen LogP contribution in [0.2, 0.25) is 26.2 Å². The topological polar surface area (TPSA) is 91.9 Å². The normalized spacial score (nSPS) is 25.0. The van der Waals surface area contributed by atoms with Crippen LogP contribution in [-0.2, 0) is 27.8 Å². The minimum absolute atomic E-state index is 0. The van der Waals surface area contributed by atoms with Gasteiger partial charge in [-0.1, -0.05) is 0 Å². The van der Waals surface area contributed by atoms with E-state index in [0.717, 1.165) is 0 Å². The van der Waals surface area contributed by atoms with Gasteiger partial charge in [0.2, 0.25) is 15.7 Å². The van der Waals surface area contributed by atoms with E-state index < -0.39 is 23.5 Å². The molecule has 0 saturated carbocycles. The van der Waals surface area contributed by atoms with Crippen molar-refractivity contribution in [1.29, 1.82) is 0 Å². The Labute approximate surface area is 175 Å². The van der Waals surface area contributed by atoms with E-state index in [0.29, 0.717) is 66.1 Å². The molecule has 0 spiro atoms. The second-order valence-electron chi connectivity index (χ2n) is 7.13. The third kappa shape index (κ3) is 22.8. The summed E-state index contributed by atoms with van der Waals surface area (Å²) < 4.78 is 93.4. The summed E-state index contributed by atoms with van der Waals surface area (Å²) in [6, 6.07) is 0. The summed E-state index contributed by atoms with van der Waals surface area (Å²) >= 11 is 0. The molecule has 0 aromatic heterocycles. The van der Waals surface area contributed by atoms with Crippen molar-refractivity contribution in [3.63, 3.8) is 0 Å². The van der Waals surface area contributed by atoms with Crippen molar-refractivity contribution in [3.8, 4) is 0 Å². The molecule has 16 heteroatoms. The van der Waals surface area contributed by atoms with Gasteiger partial charge in [-0.2, -0.15) is 0 Å². The first kappa shape index (κ1) is 32.3. The van der Waals surface area contributed by atoms with Crippen LogP contribution in [-0.4, -0.2) is 81.7 Å². The third-order valence-corrected chi connectivity index (χ3v) is 18.3. The van der Waals surface area contributed by atoms with Crippen molar-refractivity contribution < 1.29 is 53.0 Å². The van der Waals surface area contributed by atoms with E-state index in [1.54, 1.807) is 0 Å². The maximum absolute atomic E-state index is 10.7. The number of halogens is 6. The Morgan fingerprint density at radius 2 is 0.633 bits per heavy atom. The predicted molar refractivity (Wildman–Crippen MR) is 110 cm³/mol. The maximum Gasteiger partial charge on any atom is -0.369 e. The fourth-order valence-corrected chi connectivity index (χ4v) is 6.40. The Morgan fingerprint density at radius 3 is 0.833 bits per heavy atom. The molecular formula is C14H36F6NO6PSi2. The molecule has 1 aliphatic rings. The second-order valence-corrected chi connectivity index (χ2v) is 22.9. The van der Waals surface area contributed by atoms with E-state index in [9.17, 15) is 25.2 Å². The summed E-state index contributed by atoms with van der Waals surface area (Å²) in [5.41, 5.74) is 0. The van der Waals surface area contributed by atoms with Crippen molar-refractivity contribution in [1.82, 2.24) is 6.15 Å². The molecule has 0 unspecified atom stereocenters. The Hall–Kier alpha value is 0.164. The van der Waals surface area contributed by atoms with Gasteiger partial charge in [0.15, 0.2) is 0 Å². The van der Waals surface area contributed by atoms with Crippen LogP contribution in [0.15, 0.2) is 0 Å². The number of quaternary nitrogens is 1. The molecule has 1 fully saturated rings. The molecule has 1 aliphatic heterocycles. The molecule has 1 rings (SSSR count). The SMILES string of the molecule is C[Si]1(C)OCCOCCOCCOCCOCCO[Si]1(C)C.F[P-](F)(F)(F)(F)F.[NH4+]. The maximum atomic E-state index is 9.87. The van der Waals surface area contributed by atoms with Crippen LogP contribution >= 0.6 is 7.81 Å². The van der Waals surface area contributed by atoms with Gasteiger partial charge in [0, 0.05) is 0 Å². The molecule has 4 N–H and O–H groups in total. The number of hydrogen-bond donors (Lipinski definition) is 1. The van der Waals surface area contributed by atoms with Crippen molar-refractivity contribution in [3.05, 3.63) is 0 Å². The van der Waals surface area contributed by atoms with Crippen molar-refractivity contribution in [2.24, 2.45) is 0 Å². The summed E-state index contributed by atoms with van der Waals surface area (Å²) in [4.78, 5) is 0. The van der Waals surface area contributed by atoms with Gasteiger partial charge in [-0.3, -0.25) is 0 Å². The van der Waals surface area contributed by atoms with E-state index in [4.69, 9.17) is 27.8 Å². The number of rotatable bonds is 0. The number of ether oxygens (including phenoxy) is 4. The van der Waals surface area contributed by atoms with Crippen LogP contribution in [0.1, 0.15) is 0 Å². The van der Waals surface area contributed by atoms with Crippen molar-refractivity contribution in [2.75, 3.05) is 66.1 Å². The van der Waals surface area contributed by atoms with Gasteiger partial charge >= 0.3 is 33.0 Å². The molecule has 1 heterocycles. The van der Waals surface area contributed by atoms with Crippen LogP contribution < -0.4 is 6.15 Å². The van der Waals surface area contributed by atoms with Gasteiger partial charge in [-0.15, -0.1) is 0 Å². The fourth-order valence-electron chi connectivity index (χ4n) is 1.82. The average molecular weight is 516 g/mol. The second kappa shape index (κ2) is 12.4. The molecule has 188 valence electrons. The van der Waals surface area contributed by atoms with Crippen LogP contribution in [0.5, 0.6) is 0 Å². The van der Waals surface area contributed by atoms with E-state index in [-0.39, 0.29) is 6.15 Å². The molecule has 0 radical (unpaired) electrons. The Balaban J connectivity index is 0. The smallest absolute Gasteiger partial charge is 0.369 e. The first-order valence-electron chi connectivity index (χ1n) is 9.06. The molecule has 30 heavy (non-hydrogen) atoms. The zero-order valence-corrected chi connectivity index (χ0v) is 21.1. The summed E-state index contributed by atoms with van der Waals surface area (Å²) in [5.74, 6) is 0. The Morgan fingerprint density at radius 1 is 0.467 bits per heavy atom. The quantitative estimate of drug-likeness (QED) is 0.266. The van der Waals surface area contributed by atoms with E-state index >= 15 is 0 Å². The molecule has 1 saturated heterocycles. The van der Waals surface area contributed by atoms with Crippen molar-refractivity contribution in [2.45, 2.75) is 26.2 Å². The molecule has 0 atom stereocenters. The van der Waals surface area contributed by atoms with Crippen LogP contribution in [0.3, 0.4) is 0 Å². The van der Waals surface area contributed by atoms with Gasteiger partial charge in [0.1, 0.15) is 0 Å². The number of hydrogen-bond acceptors (Lipinski definition) is 6. The van der Waals surface area contributed by atoms with Gasteiger partial charge in [0.05, 0.1) is 66.1 Å². The van der Waals surface area contributed by atoms with E-state index in [2.05, 4.69) is 26.2 Å². The summed E-state index contributed by atoms with van der Waals surface area (Å²) in [6.07, 6.45) is 0. The molecule has 0 amide bonds. The molecular weight excluding hydrogens is 479 g/mol. The van der Waals surface area contributed by atoms with E-state index in [1.165, 1.54) is 0 Å². The molecule has 0 aliphatic carbocycles. The van der Waals surface area contributed by atoms with Crippen LogP contribution in [0.4, 0.5) is 25.2 Å². The summed E-state index contributed by atoms with van der Waals surface area (Å²) in [5, 5.41) is 0. The van der Waals surface area contributed by atoms with Gasteiger partial charge in [-0.05, 0) is 26.2 Å². The first-order valence-corrected chi connectivity index (χ1v) is 17.9. The monoisotopic (exact) mass is 515 g/mol. The molecule has 7 nitrogen and oxygen atoms in total. The zero-order valence-electron chi connectivity index (χ0n) is 18.2. The summed E-state index contributed by atoms with van der Waals surface area (Å²) in [7, 11) is -14.3. The minimum Gasteiger partial charge on any atom is -0.369 e.